The molecule has 9 aromatic heterocycles. The standard InChI is InChI=1S/2C26H25FN6O.C26H23FN6.C4H7BO/c2*1-15(14-34)23-13-29-33-25(23)31-24(18-9-19(27)12-28-11-18)32-26(33)30-20-7-6-17-8-16-4-2-3-5-21(16)22(17)10-20;1-15(2)23-14-29-33-25(23)31-24(18-10-19(27)13-28-12-18)32-26(33)30-20-8-7-17-9-16-5-3-4-6-21(16)22(17)11-20;5-4-2-1-3-6-4/h2*2-5,9,11-13,15,20,34H,6-8,10,14H2,1H3,(H,30,31,32);3-6,10,12-14,20H,1,7-9,11H2,2H3,(H,30,31,32);4H,1-3H2/t15-,20+;15-,20-;20-;/m011./s1. The first kappa shape index (κ1) is 70.2. The Hall–Kier alpha value is -11.1. The summed E-state index contributed by atoms with van der Waals surface area (Å²) in [7, 11) is 5.31. The number of rotatable bonds is 14. The van der Waals surface area contributed by atoms with Crippen LogP contribution < -0.4 is 16.0 Å². The summed E-state index contributed by atoms with van der Waals surface area (Å²) < 4.78 is 51.7. The van der Waals surface area contributed by atoms with Crippen molar-refractivity contribution >= 4 is 64.9 Å². The highest BCUT2D eigenvalue weighted by atomic mass is 19.1. The SMILES string of the molecule is C=C(C)c1cnn2c(N[C@@H]3CCC4=C(C3)c3ccccc3C4)nc(-c3cncc(F)c3)nc12.C[C@@H](CO)c1cnn2c(N[C@@H]3CCC4=C(C3)c3ccccc3C4)nc(-c3cncc(F)c3)nc12.C[C@H](CO)c1cnn2c(N[C@@H]3CCC4=C(C3)c3ccccc3C4)nc(-c3cncc(F)c3)nc12.[B]C1CCCO1. The summed E-state index contributed by atoms with van der Waals surface area (Å²) in [5, 5.41) is 43.8. The van der Waals surface area contributed by atoms with E-state index in [-0.39, 0.29) is 49.2 Å². The number of anilines is 3. The van der Waals surface area contributed by atoms with Crippen molar-refractivity contribution in [1.82, 2.24) is 73.7 Å². The highest BCUT2D eigenvalue weighted by molar-refractivity contribution is 6.11. The molecule has 10 heterocycles. The number of aliphatic hydroxyl groups is 2. The number of nitrogens with one attached hydrogen (secondary N) is 3. The minimum Gasteiger partial charge on any atom is -0.396 e. The summed E-state index contributed by atoms with van der Waals surface area (Å²) in [4.78, 5) is 40.1. The van der Waals surface area contributed by atoms with Crippen LogP contribution >= 0.6 is 0 Å². The van der Waals surface area contributed by atoms with Gasteiger partial charge in [0.2, 0.25) is 17.8 Å². The summed E-state index contributed by atoms with van der Waals surface area (Å²) in [6.07, 6.45) is 27.6. The Morgan fingerprint density at radius 3 is 1.21 bits per heavy atom. The van der Waals surface area contributed by atoms with E-state index < -0.39 is 17.5 Å². The lowest BCUT2D eigenvalue weighted by Gasteiger charge is -2.26. The minimum absolute atomic E-state index is 0.0239. The summed E-state index contributed by atoms with van der Waals surface area (Å²) >= 11 is 0. The molecule has 12 aromatic rings. The smallest absolute Gasteiger partial charge is 0.228 e. The van der Waals surface area contributed by atoms with Gasteiger partial charge in [0, 0.05) is 108 Å². The third-order valence-electron chi connectivity index (χ3n) is 21.3. The van der Waals surface area contributed by atoms with Crippen molar-refractivity contribution in [2.45, 2.75) is 147 Å². The van der Waals surface area contributed by atoms with Crippen LogP contribution in [-0.4, -0.2) is 136 Å². The monoisotopic (exact) mass is 1430 g/mol. The zero-order valence-electron chi connectivity index (χ0n) is 59.8. The lowest BCUT2D eigenvalue weighted by atomic mass is 9.88. The molecule has 0 saturated carbocycles. The van der Waals surface area contributed by atoms with Crippen molar-refractivity contribution in [3.05, 3.63) is 238 Å². The molecule has 3 aromatic carbocycles. The summed E-state index contributed by atoms with van der Waals surface area (Å²) in [6.45, 7) is 10.6. The van der Waals surface area contributed by atoms with E-state index in [2.05, 4.69) is 141 Å². The molecule has 21 nitrogen and oxygen atoms in total. The molecule has 1 aliphatic heterocycles. The van der Waals surface area contributed by atoms with Gasteiger partial charge in [0.05, 0.1) is 37.2 Å². The first-order valence-corrected chi connectivity index (χ1v) is 36.7. The van der Waals surface area contributed by atoms with Gasteiger partial charge in [-0.2, -0.15) is 43.8 Å². The molecule has 0 amide bonds. The average molecular weight is 1430 g/mol. The van der Waals surface area contributed by atoms with E-state index >= 15 is 0 Å². The number of hydrogen-bond donors (Lipinski definition) is 5. The third kappa shape index (κ3) is 14.6. The Labute approximate surface area is 617 Å². The van der Waals surface area contributed by atoms with E-state index in [1.807, 2.05) is 20.8 Å². The van der Waals surface area contributed by atoms with Crippen LogP contribution in [0.5, 0.6) is 0 Å². The number of pyridine rings is 3. The van der Waals surface area contributed by atoms with Crippen molar-refractivity contribution in [1.29, 1.82) is 0 Å². The number of nitrogens with zero attached hydrogens (tertiary/aromatic N) is 15. The van der Waals surface area contributed by atoms with Gasteiger partial charge in [-0.3, -0.25) is 15.0 Å². The van der Waals surface area contributed by atoms with Gasteiger partial charge >= 0.3 is 0 Å². The first-order valence-electron chi connectivity index (χ1n) is 36.7. The Bertz CT molecular complexity index is 5280. The van der Waals surface area contributed by atoms with Crippen molar-refractivity contribution in [3.8, 4) is 34.2 Å². The molecule has 1 fully saturated rings. The summed E-state index contributed by atoms with van der Waals surface area (Å²) in [6, 6.07) is 30.8. The molecule has 0 bridgehead atoms. The number of fused-ring (bicyclic) bond motifs is 9. The Kier molecular flexibility index (Phi) is 19.9. The van der Waals surface area contributed by atoms with Crippen LogP contribution in [0.2, 0.25) is 0 Å². The molecule has 2 radical (unpaired) electrons. The van der Waals surface area contributed by atoms with Crippen LogP contribution in [-0.2, 0) is 24.0 Å². The molecule has 7 aliphatic rings. The molecule has 1 saturated heterocycles. The fourth-order valence-electron chi connectivity index (χ4n) is 15.7. The number of aromatic nitrogens is 15. The number of halogens is 3. The third-order valence-corrected chi connectivity index (χ3v) is 21.3. The molecule has 540 valence electrons. The molecule has 1 unspecified atom stereocenters. The quantitative estimate of drug-likeness (QED) is 0.0634. The average Bonchev–Trinajstić information content (AvgIpc) is 1.69. The second kappa shape index (κ2) is 30.4. The van der Waals surface area contributed by atoms with Crippen molar-refractivity contribution in [2.24, 2.45) is 0 Å². The van der Waals surface area contributed by atoms with Gasteiger partial charge in [0.15, 0.2) is 34.4 Å². The number of ether oxygens (including phenoxy) is 1. The molecular weight excluding hydrogens is 1350 g/mol. The van der Waals surface area contributed by atoms with E-state index in [9.17, 15) is 23.4 Å². The van der Waals surface area contributed by atoms with Crippen LogP contribution in [0.4, 0.5) is 31.0 Å². The Balaban J connectivity index is 0.000000118. The van der Waals surface area contributed by atoms with Crippen LogP contribution in [0.1, 0.15) is 153 Å². The Morgan fingerprint density at radius 1 is 0.505 bits per heavy atom. The molecule has 19 rings (SSSR count). The van der Waals surface area contributed by atoms with Crippen LogP contribution in [0, 0.1) is 17.5 Å². The molecule has 6 atom stereocenters. The van der Waals surface area contributed by atoms with Gasteiger partial charge in [-0.25, -0.2) is 28.1 Å². The van der Waals surface area contributed by atoms with Crippen LogP contribution in [0.25, 0.3) is 73.4 Å². The first-order chi connectivity index (χ1) is 52.2. The van der Waals surface area contributed by atoms with Crippen LogP contribution in [0.3, 0.4) is 0 Å². The van der Waals surface area contributed by atoms with E-state index in [1.54, 1.807) is 56.3 Å². The van der Waals surface area contributed by atoms with E-state index in [4.69, 9.17) is 27.5 Å². The van der Waals surface area contributed by atoms with Gasteiger partial charge in [-0.15, -0.1) is 0 Å². The van der Waals surface area contributed by atoms with E-state index in [0.29, 0.717) is 69.0 Å². The molecule has 25 heteroatoms. The number of hydrogen-bond acceptors (Lipinski definition) is 18. The lowest BCUT2D eigenvalue weighted by Crippen LogP contribution is -2.25. The predicted octanol–water partition coefficient (Wildman–Crippen LogP) is 14.4. The number of benzene rings is 3. The van der Waals surface area contributed by atoms with Crippen molar-refractivity contribution < 1.29 is 28.1 Å². The summed E-state index contributed by atoms with van der Waals surface area (Å²) in [5.74, 6) is 1.25. The fourth-order valence-corrected chi connectivity index (χ4v) is 15.7. The van der Waals surface area contributed by atoms with E-state index in [1.165, 1.54) is 85.6 Å². The largest absolute Gasteiger partial charge is 0.396 e. The molecule has 5 N–H and O–H groups in total. The molecule has 0 spiro atoms. The molecule has 6 aliphatic carbocycles. The normalized spacial score (nSPS) is 18.8. The van der Waals surface area contributed by atoms with Crippen LogP contribution in [0.15, 0.2) is 170 Å². The number of allylic oxidation sites excluding steroid dienone is 4. The zero-order chi connectivity index (χ0) is 73.4. The van der Waals surface area contributed by atoms with E-state index in [0.717, 1.165) is 131 Å². The zero-order valence-corrected chi connectivity index (χ0v) is 59.8. The highest BCUT2D eigenvalue weighted by Gasteiger charge is 2.33. The topological polar surface area (TPSA) is 254 Å². The predicted molar refractivity (Wildman–Crippen MR) is 407 cm³/mol. The van der Waals surface area contributed by atoms with Crippen molar-refractivity contribution in [3.63, 3.8) is 0 Å². The lowest BCUT2D eigenvalue weighted by molar-refractivity contribution is 0.168. The number of aliphatic hydroxyl groups excluding tert-OH is 2. The second-order valence-corrected chi connectivity index (χ2v) is 28.8. The highest BCUT2D eigenvalue weighted by Crippen LogP contribution is 2.46. The summed E-state index contributed by atoms with van der Waals surface area (Å²) in [5.41, 5.74) is 24.0. The van der Waals surface area contributed by atoms with Gasteiger partial charge < -0.3 is 30.9 Å². The maximum absolute atomic E-state index is 13.9. The van der Waals surface area contributed by atoms with Gasteiger partial charge in [-0.1, -0.05) is 110 Å². The fraction of sp³-hybridized carbons (Fsp3) is 0.317. The maximum Gasteiger partial charge on any atom is 0.228 e. The van der Waals surface area contributed by atoms with Crippen molar-refractivity contribution in [2.75, 3.05) is 35.8 Å². The molecular formula is C82H80BF3N18O3. The van der Waals surface area contributed by atoms with Gasteiger partial charge in [0.25, 0.3) is 0 Å². The second-order valence-electron chi connectivity index (χ2n) is 28.8. The molecule has 107 heavy (non-hydrogen) atoms. The maximum atomic E-state index is 13.9. The Morgan fingerprint density at radius 2 is 0.869 bits per heavy atom. The van der Waals surface area contributed by atoms with Gasteiger partial charge in [0.1, 0.15) is 25.3 Å². The minimum atomic E-state index is -0.445. The van der Waals surface area contributed by atoms with Gasteiger partial charge in [-0.05, 0) is 171 Å².